The lowest BCUT2D eigenvalue weighted by Crippen LogP contribution is -2.45. The fraction of sp³-hybridized carbons (Fsp3) is 1.00. The highest BCUT2D eigenvalue weighted by Crippen LogP contribution is 2.21. The Morgan fingerprint density at radius 2 is 2.00 bits per heavy atom. The summed E-state index contributed by atoms with van der Waals surface area (Å²) in [6.07, 6.45) is 5.49. The van der Waals surface area contributed by atoms with Crippen LogP contribution in [-0.4, -0.2) is 68.3 Å². The van der Waals surface area contributed by atoms with E-state index < -0.39 is 0 Å². The number of rotatable bonds is 5. The van der Waals surface area contributed by atoms with Crippen molar-refractivity contribution in [2.75, 3.05) is 46.4 Å². The van der Waals surface area contributed by atoms with Crippen LogP contribution in [0.25, 0.3) is 0 Å². The summed E-state index contributed by atoms with van der Waals surface area (Å²) in [6.45, 7) is 6.45. The maximum Gasteiger partial charge on any atom is 0.0630 e. The van der Waals surface area contributed by atoms with Gasteiger partial charge in [-0.25, -0.2) is 0 Å². The summed E-state index contributed by atoms with van der Waals surface area (Å²) in [5.74, 6) is 0. The Hall–Kier alpha value is -0.160. The van der Waals surface area contributed by atoms with Crippen molar-refractivity contribution in [3.63, 3.8) is 0 Å². The Morgan fingerprint density at radius 3 is 2.65 bits per heavy atom. The average molecular weight is 241 g/mol. The van der Waals surface area contributed by atoms with Gasteiger partial charge in [-0.1, -0.05) is 6.42 Å². The molecule has 0 bridgehead atoms. The highest BCUT2D eigenvalue weighted by Gasteiger charge is 2.31. The van der Waals surface area contributed by atoms with Crippen molar-refractivity contribution >= 4 is 0 Å². The molecular formula is C13H27N3O. The zero-order valence-corrected chi connectivity index (χ0v) is 11.1. The number of nitrogens with two attached hydrogens (primary N) is 1. The van der Waals surface area contributed by atoms with Crippen LogP contribution in [0.2, 0.25) is 0 Å². The Kier molecular flexibility index (Phi) is 5.22. The maximum absolute atomic E-state index is 5.83. The van der Waals surface area contributed by atoms with Crippen molar-refractivity contribution < 1.29 is 4.74 Å². The standard InChI is InChI=1S/C13H27N3O/c1-17-11-13(9-14)16-8-5-12(10-16)15-6-3-2-4-7-15/h12-13H,2-11,14H2,1H3. The first-order valence-corrected chi connectivity index (χ1v) is 7.02. The van der Waals surface area contributed by atoms with Crippen molar-refractivity contribution in [2.45, 2.75) is 37.8 Å². The lowest BCUT2D eigenvalue weighted by atomic mass is 10.1. The molecule has 2 unspecified atom stereocenters. The molecule has 2 aliphatic heterocycles. The smallest absolute Gasteiger partial charge is 0.0630 e. The molecule has 0 saturated carbocycles. The van der Waals surface area contributed by atoms with E-state index in [9.17, 15) is 0 Å². The van der Waals surface area contributed by atoms with Gasteiger partial charge in [-0.15, -0.1) is 0 Å². The summed E-state index contributed by atoms with van der Waals surface area (Å²) >= 11 is 0. The van der Waals surface area contributed by atoms with Crippen molar-refractivity contribution in [1.82, 2.24) is 9.80 Å². The first-order chi connectivity index (χ1) is 8.35. The molecule has 0 aromatic heterocycles. The second-order valence-electron chi connectivity index (χ2n) is 5.38. The van der Waals surface area contributed by atoms with E-state index in [-0.39, 0.29) is 0 Å². The van der Waals surface area contributed by atoms with Crippen LogP contribution in [0.1, 0.15) is 25.7 Å². The van der Waals surface area contributed by atoms with Gasteiger partial charge in [-0.2, -0.15) is 0 Å². The summed E-state index contributed by atoms with van der Waals surface area (Å²) in [6, 6.07) is 1.18. The summed E-state index contributed by atoms with van der Waals surface area (Å²) in [5.41, 5.74) is 5.83. The minimum Gasteiger partial charge on any atom is -0.383 e. The van der Waals surface area contributed by atoms with Crippen LogP contribution < -0.4 is 5.73 Å². The summed E-state index contributed by atoms with van der Waals surface area (Å²) in [5, 5.41) is 0. The van der Waals surface area contributed by atoms with Gasteiger partial charge in [0.1, 0.15) is 0 Å². The van der Waals surface area contributed by atoms with Gasteiger partial charge in [0.25, 0.3) is 0 Å². The monoisotopic (exact) mass is 241 g/mol. The molecule has 4 heteroatoms. The molecule has 0 aliphatic carbocycles. The van der Waals surface area contributed by atoms with E-state index in [1.807, 2.05) is 0 Å². The van der Waals surface area contributed by atoms with Gasteiger partial charge in [0.15, 0.2) is 0 Å². The van der Waals surface area contributed by atoms with Crippen molar-refractivity contribution in [3.05, 3.63) is 0 Å². The molecular weight excluding hydrogens is 214 g/mol. The molecule has 17 heavy (non-hydrogen) atoms. The van der Waals surface area contributed by atoms with E-state index in [1.165, 1.54) is 51.9 Å². The van der Waals surface area contributed by atoms with Crippen LogP contribution in [0.4, 0.5) is 0 Å². The van der Waals surface area contributed by atoms with E-state index >= 15 is 0 Å². The third-order valence-electron chi connectivity index (χ3n) is 4.25. The SMILES string of the molecule is COCC(CN)N1CCC(N2CCCCC2)C1. The summed E-state index contributed by atoms with van der Waals surface area (Å²) < 4.78 is 5.25. The van der Waals surface area contributed by atoms with E-state index in [2.05, 4.69) is 9.80 Å². The molecule has 2 aliphatic rings. The Labute approximate surface area is 105 Å². The van der Waals surface area contributed by atoms with E-state index in [0.717, 1.165) is 12.6 Å². The Morgan fingerprint density at radius 1 is 1.24 bits per heavy atom. The molecule has 0 amide bonds. The predicted octanol–water partition coefficient (Wildman–Crippen LogP) is 0.520. The predicted molar refractivity (Wildman–Crippen MR) is 70.1 cm³/mol. The minimum atomic E-state index is 0.412. The zero-order valence-electron chi connectivity index (χ0n) is 11.1. The Balaban J connectivity index is 1.81. The molecule has 0 spiro atoms. The summed E-state index contributed by atoms with van der Waals surface area (Å²) in [7, 11) is 1.76. The third-order valence-corrected chi connectivity index (χ3v) is 4.25. The van der Waals surface area contributed by atoms with Gasteiger partial charge in [0, 0.05) is 38.8 Å². The molecule has 4 nitrogen and oxygen atoms in total. The number of piperidine rings is 1. The van der Waals surface area contributed by atoms with Gasteiger partial charge in [0.2, 0.25) is 0 Å². The minimum absolute atomic E-state index is 0.412. The molecule has 2 fully saturated rings. The lowest BCUT2D eigenvalue weighted by Gasteiger charge is -2.33. The van der Waals surface area contributed by atoms with Crippen LogP contribution in [0.3, 0.4) is 0 Å². The molecule has 0 radical (unpaired) electrons. The second-order valence-corrected chi connectivity index (χ2v) is 5.38. The number of methoxy groups -OCH3 is 1. The second kappa shape index (κ2) is 6.69. The van der Waals surface area contributed by atoms with Gasteiger partial charge in [-0.05, 0) is 32.4 Å². The maximum atomic E-state index is 5.83. The van der Waals surface area contributed by atoms with E-state index in [0.29, 0.717) is 12.6 Å². The van der Waals surface area contributed by atoms with Gasteiger partial charge >= 0.3 is 0 Å². The number of hydrogen-bond acceptors (Lipinski definition) is 4. The van der Waals surface area contributed by atoms with Gasteiger partial charge in [0.05, 0.1) is 6.61 Å². The van der Waals surface area contributed by atoms with Crippen molar-refractivity contribution in [1.29, 1.82) is 0 Å². The average Bonchev–Trinajstić information content (AvgIpc) is 2.86. The third kappa shape index (κ3) is 3.41. The fourth-order valence-corrected chi connectivity index (χ4v) is 3.20. The van der Waals surface area contributed by atoms with Crippen molar-refractivity contribution in [2.24, 2.45) is 5.73 Å². The van der Waals surface area contributed by atoms with E-state index in [4.69, 9.17) is 10.5 Å². The molecule has 2 saturated heterocycles. The first kappa shape index (κ1) is 13.3. The molecule has 2 N–H and O–H groups in total. The number of hydrogen-bond donors (Lipinski definition) is 1. The molecule has 2 heterocycles. The van der Waals surface area contributed by atoms with Crippen LogP contribution >= 0.6 is 0 Å². The largest absolute Gasteiger partial charge is 0.383 e. The zero-order chi connectivity index (χ0) is 12.1. The van der Waals surface area contributed by atoms with E-state index in [1.54, 1.807) is 7.11 Å². The highest BCUT2D eigenvalue weighted by atomic mass is 16.5. The number of nitrogens with zero attached hydrogens (tertiary/aromatic N) is 2. The van der Waals surface area contributed by atoms with Crippen molar-refractivity contribution in [3.8, 4) is 0 Å². The van der Waals surface area contributed by atoms with Crippen LogP contribution in [0, 0.1) is 0 Å². The van der Waals surface area contributed by atoms with Gasteiger partial charge in [-0.3, -0.25) is 9.80 Å². The molecule has 2 atom stereocenters. The topological polar surface area (TPSA) is 41.7 Å². The molecule has 100 valence electrons. The highest BCUT2D eigenvalue weighted by molar-refractivity contribution is 4.88. The molecule has 0 aromatic rings. The van der Waals surface area contributed by atoms with Crippen LogP contribution in [-0.2, 0) is 4.74 Å². The number of ether oxygens (including phenoxy) is 1. The lowest BCUT2D eigenvalue weighted by molar-refractivity contribution is 0.0981. The Bertz CT molecular complexity index is 208. The van der Waals surface area contributed by atoms with Crippen LogP contribution in [0.5, 0.6) is 0 Å². The first-order valence-electron chi connectivity index (χ1n) is 7.02. The number of likely N-dealkylation sites (tertiary alicyclic amines) is 2. The van der Waals surface area contributed by atoms with Gasteiger partial charge < -0.3 is 10.5 Å². The molecule has 0 aromatic carbocycles. The quantitative estimate of drug-likeness (QED) is 0.762. The summed E-state index contributed by atoms with van der Waals surface area (Å²) in [4.78, 5) is 5.20. The van der Waals surface area contributed by atoms with Crippen LogP contribution in [0.15, 0.2) is 0 Å². The normalized spacial score (nSPS) is 29.6. The molecule has 2 rings (SSSR count). The fourth-order valence-electron chi connectivity index (χ4n) is 3.20.